The van der Waals surface area contributed by atoms with Gasteiger partial charge >= 0.3 is 0 Å². The number of hydrogen-bond donors (Lipinski definition) is 1. The third-order valence-electron chi connectivity index (χ3n) is 9.65. The van der Waals surface area contributed by atoms with Gasteiger partial charge in [0.2, 0.25) is 5.91 Å². The Balaban J connectivity index is 1.14. The van der Waals surface area contributed by atoms with E-state index in [1.807, 2.05) is 14.5 Å². The lowest BCUT2D eigenvalue weighted by Gasteiger charge is -2.46. The maximum Gasteiger partial charge on any atom is 0.274 e. The number of rotatable bonds is 4. The fraction of sp³-hybridized carbons (Fsp3) is 0.633. The van der Waals surface area contributed by atoms with Gasteiger partial charge < -0.3 is 19.8 Å². The molecule has 0 bridgehead atoms. The number of benzene rings is 1. The highest BCUT2D eigenvalue weighted by Gasteiger charge is 2.42. The molecule has 2 aromatic rings. The second-order valence-electron chi connectivity index (χ2n) is 11.7. The molecule has 8 nitrogen and oxygen atoms in total. The molecule has 0 radical (unpaired) electrons. The first kappa shape index (κ1) is 25.4. The second kappa shape index (κ2) is 10.4. The van der Waals surface area contributed by atoms with Gasteiger partial charge in [0.1, 0.15) is 6.54 Å². The van der Waals surface area contributed by atoms with Crippen molar-refractivity contribution in [3.63, 3.8) is 0 Å². The zero-order valence-electron chi connectivity index (χ0n) is 22.9. The van der Waals surface area contributed by atoms with Crippen LogP contribution in [0.3, 0.4) is 0 Å². The number of piperidine rings is 1. The van der Waals surface area contributed by atoms with Crippen LogP contribution in [0.5, 0.6) is 0 Å². The van der Waals surface area contributed by atoms with Gasteiger partial charge in [-0.2, -0.15) is 5.10 Å². The first-order valence-corrected chi connectivity index (χ1v) is 14.6. The SMILES string of the molecule is Cc1cccc(N2CCN(C(=O)Cn3nc(C(=O)N4CCC(O)C5CCCCC54)c4c3CCC4)CC2)c1C. The summed E-state index contributed by atoms with van der Waals surface area (Å²) >= 11 is 0. The summed E-state index contributed by atoms with van der Waals surface area (Å²) in [5, 5.41) is 15.3. The number of carbonyl (C=O) groups excluding carboxylic acids is 2. The van der Waals surface area contributed by atoms with Crippen molar-refractivity contribution in [1.29, 1.82) is 0 Å². The van der Waals surface area contributed by atoms with Crippen LogP contribution in [0.2, 0.25) is 0 Å². The van der Waals surface area contributed by atoms with E-state index in [1.54, 1.807) is 0 Å². The van der Waals surface area contributed by atoms with Crippen LogP contribution in [0.15, 0.2) is 18.2 Å². The number of carbonyl (C=O) groups is 2. The lowest BCUT2D eigenvalue weighted by atomic mass is 9.76. The number of aryl methyl sites for hydroxylation is 1. The molecule has 3 fully saturated rings. The number of amides is 2. The van der Waals surface area contributed by atoms with E-state index >= 15 is 0 Å². The summed E-state index contributed by atoms with van der Waals surface area (Å²) in [4.78, 5) is 33.5. The second-order valence-corrected chi connectivity index (χ2v) is 11.7. The Labute approximate surface area is 225 Å². The van der Waals surface area contributed by atoms with Crippen LogP contribution in [0.25, 0.3) is 0 Å². The van der Waals surface area contributed by atoms with Gasteiger partial charge in [0.15, 0.2) is 5.69 Å². The van der Waals surface area contributed by atoms with Crippen molar-refractivity contribution in [1.82, 2.24) is 19.6 Å². The lowest BCUT2D eigenvalue weighted by Crippen LogP contribution is -2.54. The van der Waals surface area contributed by atoms with E-state index in [2.05, 4.69) is 36.9 Å². The zero-order chi connectivity index (χ0) is 26.4. The van der Waals surface area contributed by atoms with Gasteiger partial charge in [-0.25, -0.2) is 0 Å². The summed E-state index contributed by atoms with van der Waals surface area (Å²) in [6, 6.07) is 6.52. The quantitative estimate of drug-likeness (QED) is 0.671. The van der Waals surface area contributed by atoms with Gasteiger partial charge in [0, 0.05) is 61.6 Å². The molecule has 2 aliphatic carbocycles. The molecule has 8 heteroatoms. The molecule has 1 N–H and O–H groups in total. The largest absolute Gasteiger partial charge is 0.393 e. The molecule has 2 amide bonds. The average Bonchev–Trinajstić information content (AvgIpc) is 3.54. The van der Waals surface area contributed by atoms with Crippen molar-refractivity contribution in [2.24, 2.45) is 5.92 Å². The molecule has 38 heavy (non-hydrogen) atoms. The minimum atomic E-state index is -0.305. The third-order valence-corrected chi connectivity index (χ3v) is 9.65. The Bertz CT molecular complexity index is 1210. The number of aromatic nitrogens is 2. The first-order chi connectivity index (χ1) is 18.4. The molecule has 0 spiro atoms. The Kier molecular flexibility index (Phi) is 6.93. The van der Waals surface area contributed by atoms with Gasteiger partial charge in [-0.1, -0.05) is 25.0 Å². The van der Waals surface area contributed by atoms with E-state index in [0.717, 1.165) is 69.3 Å². The molecule has 1 saturated carbocycles. The van der Waals surface area contributed by atoms with Crippen LogP contribution in [0, 0.1) is 19.8 Å². The van der Waals surface area contributed by atoms with E-state index in [-0.39, 0.29) is 36.4 Å². The maximum absolute atomic E-state index is 13.8. The fourth-order valence-electron chi connectivity index (χ4n) is 7.33. The number of aliphatic hydroxyl groups is 1. The molecule has 204 valence electrons. The summed E-state index contributed by atoms with van der Waals surface area (Å²) in [6.07, 6.45) is 7.25. The number of anilines is 1. The van der Waals surface area contributed by atoms with Crippen molar-refractivity contribution < 1.29 is 14.7 Å². The molecule has 1 aromatic heterocycles. The Morgan fingerprint density at radius 3 is 2.58 bits per heavy atom. The highest BCUT2D eigenvalue weighted by atomic mass is 16.3. The number of piperazine rings is 1. The highest BCUT2D eigenvalue weighted by Crippen LogP contribution is 2.37. The van der Waals surface area contributed by atoms with E-state index in [4.69, 9.17) is 5.10 Å². The lowest BCUT2D eigenvalue weighted by molar-refractivity contribution is -0.132. The van der Waals surface area contributed by atoms with Crippen molar-refractivity contribution in [3.8, 4) is 0 Å². The van der Waals surface area contributed by atoms with Gasteiger partial charge in [-0.05, 0) is 69.6 Å². The van der Waals surface area contributed by atoms with Gasteiger partial charge in [0.05, 0.1) is 6.10 Å². The predicted molar refractivity (Wildman–Crippen MR) is 146 cm³/mol. The topological polar surface area (TPSA) is 81.9 Å². The molecular weight excluding hydrogens is 478 g/mol. The van der Waals surface area contributed by atoms with Crippen LogP contribution < -0.4 is 4.90 Å². The van der Waals surface area contributed by atoms with Crippen molar-refractivity contribution in [2.75, 3.05) is 37.6 Å². The number of hydrogen-bond acceptors (Lipinski definition) is 5. The first-order valence-electron chi connectivity index (χ1n) is 14.6. The summed E-state index contributed by atoms with van der Waals surface area (Å²) in [5.74, 6) is 0.260. The normalized spacial score (nSPS) is 25.3. The zero-order valence-corrected chi connectivity index (χ0v) is 22.9. The van der Waals surface area contributed by atoms with Gasteiger partial charge in [-0.15, -0.1) is 0 Å². The smallest absolute Gasteiger partial charge is 0.274 e. The number of aliphatic hydroxyl groups excluding tert-OH is 1. The van der Waals surface area contributed by atoms with Crippen LogP contribution in [-0.2, 0) is 24.2 Å². The Morgan fingerprint density at radius 1 is 0.974 bits per heavy atom. The Morgan fingerprint density at radius 2 is 1.76 bits per heavy atom. The molecule has 2 saturated heterocycles. The predicted octanol–water partition coefficient (Wildman–Crippen LogP) is 3.10. The third kappa shape index (κ3) is 4.51. The van der Waals surface area contributed by atoms with Crippen LogP contribution in [-0.4, -0.2) is 81.4 Å². The van der Waals surface area contributed by atoms with Gasteiger partial charge in [0.25, 0.3) is 5.91 Å². The van der Waals surface area contributed by atoms with E-state index in [0.29, 0.717) is 31.7 Å². The molecule has 6 rings (SSSR count). The summed E-state index contributed by atoms with van der Waals surface area (Å²) in [6.45, 7) is 8.13. The molecule has 1 aromatic carbocycles. The summed E-state index contributed by atoms with van der Waals surface area (Å²) < 4.78 is 1.83. The summed E-state index contributed by atoms with van der Waals surface area (Å²) in [5.41, 5.74) is 6.51. The monoisotopic (exact) mass is 519 g/mol. The number of fused-ring (bicyclic) bond motifs is 2. The fourth-order valence-corrected chi connectivity index (χ4v) is 7.33. The molecule has 3 heterocycles. The molecule has 4 aliphatic rings. The highest BCUT2D eigenvalue weighted by molar-refractivity contribution is 5.94. The van der Waals surface area contributed by atoms with Crippen LogP contribution in [0.1, 0.15) is 71.4 Å². The molecule has 3 unspecified atom stereocenters. The number of nitrogens with zero attached hydrogens (tertiary/aromatic N) is 5. The molecule has 3 atom stereocenters. The van der Waals surface area contributed by atoms with Crippen molar-refractivity contribution >= 4 is 17.5 Å². The van der Waals surface area contributed by atoms with E-state index < -0.39 is 0 Å². The number of likely N-dealkylation sites (tertiary alicyclic amines) is 1. The van der Waals surface area contributed by atoms with Crippen LogP contribution >= 0.6 is 0 Å². The van der Waals surface area contributed by atoms with E-state index in [1.165, 1.54) is 16.8 Å². The van der Waals surface area contributed by atoms with Crippen molar-refractivity contribution in [2.45, 2.75) is 83.9 Å². The molecule has 2 aliphatic heterocycles. The minimum absolute atomic E-state index is 0.000266. The van der Waals surface area contributed by atoms with Crippen LogP contribution in [0.4, 0.5) is 5.69 Å². The standard InChI is InChI=1S/C30H41N5O3/c1-20-7-5-11-24(21(20)2)32-15-17-33(18-16-32)28(37)19-35-26-12-6-9-23(26)29(31-35)30(38)34-14-13-27(36)22-8-3-4-10-25(22)34/h5,7,11,22,25,27,36H,3-4,6,8-10,12-19H2,1-2H3. The maximum atomic E-state index is 13.8. The Hall–Kier alpha value is -2.87. The summed E-state index contributed by atoms with van der Waals surface area (Å²) in [7, 11) is 0. The minimum Gasteiger partial charge on any atom is -0.393 e. The van der Waals surface area contributed by atoms with E-state index in [9.17, 15) is 14.7 Å². The van der Waals surface area contributed by atoms with Crippen molar-refractivity contribution in [3.05, 3.63) is 46.3 Å². The molecular formula is C30H41N5O3. The average molecular weight is 520 g/mol. The van der Waals surface area contributed by atoms with Gasteiger partial charge in [-0.3, -0.25) is 14.3 Å².